The van der Waals surface area contributed by atoms with Gasteiger partial charge in [-0.25, -0.2) is 4.68 Å². The van der Waals surface area contributed by atoms with Gasteiger partial charge in [-0.1, -0.05) is 19.1 Å². The molecule has 0 radical (unpaired) electrons. The van der Waals surface area contributed by atoms with Gasteiger partial charge in [-0.2, -0.15) is 0 Å². The average molecular weight is 246 g/mol. The van der Waals surface area contributed by atoms with Crippen molar-refractivity contribution in [3.05, 3.63) is 35.7 Å². The smallest absolute Gasteiger partial charge is 0.150 e. The summed E-state index contributed by atoms with van der Waals surface area (Å²) in [6.45, 7) is 2.91. The molecular weight excluding hydrogens is 228 g/mol. The van der Waals surface area contributed by atoms with Gasteiger partial charge in [0.25, 0.3) is 0 Å². The summed E-state index contributed by atoms with van der Waals surface area (Å²) < 4.78 is 7.08. The number of aryl methyl sites for hydroxylation is 3. The Hall–Kier alpha value is -1.91. The topological polar surface area (TPSA) is 52.8 Å². The van der Waals surface area contributed by atoms with E-state index in [-0.39, 0.29) is 0 Å². The number of hydrogen-bond donors (Lipinski definition) is 0. The first-order valence-corrected chi connectivity index (χ1v) is 6.21. The third-order valence-electron chi connectivity index (χ3n) is 2.89. The number of tetrazole rings is 1. The zero-order chi connectivity index (χ0) is 12.8. The van der Waals surface area contributed by atoms with Crippen LogP contribution in [0.1, 0.15) is 24.7 Å². The van der Waals surface area contributed by atoms with Crippen LogP contribution in [0, 0.1) is 0 Å². The second-order valence-corrected chi connectivity index (χ2v) is 4.13. The van der Waals surface area contributed by atoms with E-state index < -0.39 is 0 Å². The van der Waals surface area contributed by atoms with Crippen molar-refractivity contribution in [2.24, 2.45) is 0 Å². The van der Waals surface area contributed by atoms with Crippen molar-refractivity contribution >= 4 is 0 Å². The first kappa shape index (κ1) is 12.5. The molecule has 2 rings (SSSR count). The molecule has 2 aromatic rings. The Morgan fingerprint density at radius 2 is 2.22 bits per heavy atom. The summed E-state index contributed by atoms with van der Waals surface area (Å²) in [6, 6.07) is 8.16. The first-order chi connectivity index (χ1) is 8.83. The van der Waals surface area contributed by atoms with E-state index in [1.165, 1.54) is 5.56 Å². The van der Waals surface area contributed by atoms with Crippen LogP contribution in [-0.4, -0.2) is 27.3 Å². The number of nitrogens with zero attached hydrogens (tertiary/aromatic N) is 4. The van der Waals surface area contributed by atoms with E-state index in [9.17, 15) is 0 Å². The van der Waals surface area contributed by atoms with Crippen molar-refractivity contribution in [3.8, 4) is 5.75 Å². The van der Waals surface area contributed by atoms with Gasteiger partial charge >= 0.3 is 0 Å². The fourth-order valence-corrected chi connectivity index (χ4v) is 1.91. The molecule has 0 saturated carbocycles. The van der Waals surface area contributed by atoms with Crippen LogP contribution in [0.5, 0.6) is 5.75 Å². The highest BCUT2D eigenvalue weighted by molar-refractivity contribution is 5.28. The highest BCUT2D eigenvalue weighted by Crippen LogP contribution is 2.14. The molecule has 0 aliphatic heterocycles. The molecule has 0 amide bonds. The largest absolute Gasteiger partial charge is 0.497 e. The van der Waals surface area contributed by atoms with Gasteiger partial charge in [0.05, 0.1) is 7.11 Å². The van der Waals surface area contributed by atoms with E-state index in [1.807, 2.05) is 16.8 Å². The van der Waals surface area contributed by atoms with Crippen molar-refractivity contribution in [2.45, 2.75) is 32.7 Å². The van der Waals surface area contributed by atoms with Gasteiger partial charge in [-0.05, 0) is 41.0 Å². The minimum absolute atomic E-state index is 0.855. The molecule has 0 fully saturated rings. The van der Waals surface area contributed by atoms with Crippen molar-refractivity contribution in [3.63, 3.8) is 0 Å². The van der Waals surface area contributed by atoms with Crippen LogP contribution in [0.25, 0.3) is 0 Å². The van der Waals surface area contributed by atoms with Gasteiger partial charge in [-0.15, -0.1) is 5.10 Å². The summed E-state index contributed by atoms with van der Waals surface area (Å²) in [4.78, 5) is 0. The molecule has 0 atom stereocenters. The number of rotatable bonds is 6. The van der Waals surface area contributed by atoms with E-state index in [4.69, 9.17) is 4.74 Å². The van der Waals surface area contributed by atoms with Crippen LogP contribution in [0.2, 0.25) is 0 Å². The van der Waals surface area contributed by atoms with Crippen LogP contribution < -0.4 is 4.74 Å². The molecule has 1 heterocycles. The quantitative estimate of drug-likeness (QED) is 0.781. The fraction of sp³-hybridized carbons (Fsp3) is 0.462. The lowest BCUT2D eigenvalue weighted by molar-refractivity contribution is 0.414. The zero-order valence-electron chi connectivity index (χ0n) is 10.8. The molecule has 0 aliphatic carbocycles. The minimum Gasteiger partial charge on any atom is -0.497 e. The molecule has 0 unspecified atom stereocenters. The van der Waals surface area contributed by atoms with Crippen molar-refractivity contribution < 1.29 is 4.74 Å². The Morgan fingerprint density at radius 3 is 3.00 bits per heavy atom. The lowest BCUT2D eigenvalue weighted by Gasteiger charge is -2.05. The zero-order valence-corrected chi connectivity index (χ0v) is 10.8. The summed E-state index contributed by atoms with van der Waals surface area (Å²) in [5, 5.41) is 11.6. The SMILES string of the molecule is CCc1nnnn1CCCc1cccc(OC)c1. The van der Waals surface area contributed by atoms with E-state index >= 15 is 0 Å². The number of methoxy groups -OCH3 is 1. The maximum Gasteiger partial charge on any atom is 0.150 e. The molecular formula is C13H18N4O. The Bertz CT molecular complexity index is 495. The number of benzene rings is 1. The van der Waals surface area contributed by atoms with E-state index in [0.29, 0.717) is 0 Å². The third-order valence-corrected chi connectivity index (χ3v) is 2.89. The van der Waals surface area contributed by atoms with Gasteiger partial charge in [-0.3, -0.25) is 0 Å². The molecule has 0 aliphatic rings. The average Bonchev–Trinajstić information content (AvgIpc) is 2.86. The van der Waals surface area contributed by atoms with E-state index in [0.717, 1.165) is 37.4 Å². The Kier molecular flexibility index (Phi) is 4.28. The Balaban J connectivity index is 1.88. The summed E-state index contributed by atoms with van der Waals surface area (Å²) in [5.74, 6) is 1.85. The van der Waals surface area contributed by atoms with Gasteiger partial charge in [0.15, 0.2) is 5.82 Å². The molecule has 0 bridgehead atoms. The van der Waals surface area contributed by atoms with Crippen molar-refractivity contribution in [1.82, 2.24) is 20.2 Å². The summed E-state index contributed by atoms with van der Waals surface area (Å²) in [6.07, 6.45) is 2.89. The van der Waals surface area contributed by atoms with Crippen LogP contribution in [0.15, 0.2) is 24.3 Å². The number of aromatic nitrogens is 4. The van der Waals surface area contributed by atoms with Crippen LogP contribution in [0.4, 0.5) is 0 Å². The molecule has 18 heavy (non-hydrogen) atoms. The van der Waals surface area contributed by atoms with Crippen molar-refractivity contribution in [2.75, 3.05) is 7.11 Å². The predicted molar refractivity (Wildman–Crippen MR) is 68.5 cm³/mol. The van der Waals surface area contributed by atoms with Gasteiger partial charge in [0.2, 0.25) is 0 Å². The lowest BCUT2D eigenvalue weighted by Crippen LogP contribution is -2.06. The molecule has 0 spiro atoms. The second kappa shape index (κ2) is 6.14. The highest BCUT2D eigenvalue weighted by atomic mass is 16.5. The molecule has 5 nitrogen and oxygen atoms in total. The molecule has 1 aromatic heterocycles. The molecule has 5 heteroatoms. The van der Waals surface area contributed by atoms with E-state index in [1.54, 1.807) is 7.11 Å². The Morgan fingerprint density at radius 1 is 1.33 bits per heavy atom. The Labute approximate surface area is 107 Å². The number of hydrogen-bond acceptors (Lipinski definition) is 4. The number of ether oxygens (including phenoxy) is 1. The predicted octanol–water partition coefficient (Wildman–Crippen LogP) is 1.88. The highest BCUT2D eigenvalue weighted by Gasteiger charge is 2.03. The van der Waals surface area contributed by atoms with Gasteiger partial charge < -0.3 is 4.74 Å². The van der Waals surface area contributed by atoms with Gasteiger partial charge in [0.1, 0.15) is 5.75 Å². The maximum atomic E-state index is 5.21. The summed E-state index contributed by atoms with van der Waals surface area (Å²) in [7, 11) is 1.69. The monoisotopic (exact) mass is 246 g/mol. The van der Waals surface area contributed by atoms with Crippen LogP contribution >= 0.6 is 0 Å². The van der Waals surface area contributed by atoms with Crippen molar-refractivity contribution in [1.29, 1.82) is 0 Å². The molecule has 0 N–H and O–H groups in total. The third kappa shape index (κ3) is 3.06. The normalized spacial score (nSPS) is 10.6. The summed E-state index contributed by atoms with van der Waals surface area (Å²) in [5.41, 5.74) is 1.28. The molecule has 96 valence electrons. The van der Waals surface area contributed by atoms with Gasteiger partial charge in [0, 0.05) is 13.0 Å². The van der Waals surface area contributed by atoms with Crippen LogP contribution in [-0.2, 0) is 19.4 Å². The first-order valence-electron chi connectivity index (χ1n) is 6.21. The molecule has 1 aromatic carbocycles. The second-order valence-electron chi connectivity index (χ2n) is 4.13. The molecule has 0 saturated heterocycles. The maximum absolute atomic E-state index is 5.21. The lowest BCUT2D eigenvalue weighted by atomic mass is 10.1. The minimum atomic E-state index is 0.855. The fourth-order valence-electron chi connectivity index (χ4n) is 1.91. The van der Waals surface area contributed by atoms with E-state index in [2.05, 4.69) is 34.6 Å². The standard InChI is InChI=1S/C13H18N4O/c1-3-13-14-15-16-17(13)9-5-7-11-6-4-8-12(10-11)18-2/h4,6,8,10H,3,5,7,9H2,1-2H3. The van der Waals surface area contributed by atoms with Crippen LogP contribution in [0.3, 0.4) is 0 Å². The summed E-state index contributed by atoms with van der Waals surface area (Å²) >= 11 is 0.